The SMILES string of the molecule is CCC1O[C@@H](C)C(C)[C@@H](C)[C@@H]1O. The van der Waals surface area contributed by atoms with Gasteiger partial charge in [-0.05, 0) is 25.2 Å². The van der Waals surface area contributed by atoms with E-state index in [9.17, 15) is 5.11 Å². The molecular formula is C10H20O2. The summed E-state index contributed by atoms with van der Waals surface area (Å²) in [6.07, 6.45) is 0.962. The van der Waals surface area contributed by atoms with Gasteiger partial charge in [0.15, 0.2) is 0 Å². The fraction of sp³-hybridized carbons (Fsp3) is 1.00. The second kappa shape index (κ2) is 3.75. The third-order valence-electron chi connectivity index (χ3n) is 3.28. The molecule has 0 saturated carbocycles. The van der Waals surface area contributed by atoms with Gasteiger partial charge in [-0.2, -0.15) is 0 Å². The maximum Gasteiger partial charge on any atom is 0.0837 e. The molecule has 0 amide bonds. The maximum absolute atomic E-state index is 9.80. The van der Waals surface area contributed by atoms with E-state index in [0.29, 0.717) is 11.8 Å². The maximum atomic E-state index is 9.80. The van der Waals surface area contributed by atoms with Gasteiger partial charge in [-0.3, -0.25) is 0 Å². The highest BCUT2D eigenvalue weighted by atomic mass is 16.5. The van der Waals surface area contributed by atoms with Crippen LogP contribution in [0.25, 0.3) is 0 Å². The molecule has 1 N–H and O–H groups in total. The molecule has 0 bridgehead atoms. The van der Waals surface area contributed by atoms with E-state index in [1.165, 1.54) is 0 Å². The molecule has 0 aromatic rings. The Hall–Kier alpha value is -0.0800. The van der Waals surface area contributed by atoms with Crippen LogP contribution in [0.15, 0.2) is 0 Å². The van der Waals surface area contributed by atoms with Crippen molar-refractivity contribution < 1.29 is 9.84 Å². The van der Waals surface area contributed by atoms with Crippen molar-refractivity contribution in [2.45, 2.75) is 52.4 Å². The Labute approximate surface area is 74.9 Å². The van der Waals surface area contributed by atoms with E-state index in [2.05, 4.69) is 27.7 Å². The second-order valence-corrected chi connectivity index (χ2v) is 4.00. The Morgan fingerprint density at radius 2 is 1.75 bits per heavy atom. The number of rotatable bonds is 1. The second-order valence-electron chi connectivity index (χ2n) is 4.00. The van der Waals surface area contributed by atoms with E-state index < -0.39 is 0 Å². The molecule has 1 aliphatic rings. The van der Waals surface area contributed by atoms with Crippen molar-refractivity contribution in [2.24, 2.45) is 11.8 Å². The highest BCUT2D eigenvalue weighted by Gasteiger charge is 2.37. The van der Waals surface area contributed by atoms with Crippen molar-refractivity contribution in [1.82, 2.24) is 0 Å². The first kappa shape index (κ1) is 10.0. The summed E-state index contributed by atoms with van der Waals surface area (Å²) in [4.78, 5) is 0. The van der Waals surface area contributed by atoms with Crippen molar-refractivity contribution in [2.75, 3.05) is 0 Å². The Kier molecular flexibility index (Phi) is 3.13. The molecule has 2 nitrogen and oxygen atoms in total. The van der Waals surface area contributed by atoms with E-state index in [-0.39, 0.29) is 18.3 Å². The quantitative estimate of drug-likeness (QED) is 0.653. The summed E-state index contributed by atoms with van der Waals surface area (Å²) in [6, 6.07) is 0. The minimum Gasteiger partial charge on any atom is -0.390 e. The summed E-state index contributed by atoms with van der Waals surface area (Å²) in [6.45, 7) is 8.40. The lowest BCUT2D eigenvalue weighted by Crippen LogP contribution is -2.47. The number of aliphatic hydroxyl groups is 1. The zero-order chi connectivity index (χ0) is 9.30. The molecule has 1 saturated heterocycles. The number of aliphatic hydroxyl groups excluding tert-OH is 1. The molecule has 2 unspecified atom stereocenters. The normalized spacial score (nSPS) is 49.2. The van der Waals surface area contributed by atoms with Gasteiger partial charge >= 0.3 is 0 Å². The largest absolute Gasteiger partial charge is 0.390 e. The summed E-state index contributed by atoms with van der Waals surface area (Å²) in [5, 5.41) is 9.80. The minimum absolute atomic E-state index is 0.0474. The van der Waals surface area contributed by atoms with E-state index in [0.717, 1.165) is 6.42 Å². The number of hydrogen-bond acceptors (Lipinski definition) is 2. The molecular weight excluding hydrogens is 152 g/mol. The standard InChI is InChI=1S/C10H20O2/c1-5-9-10(11)7(3)6(2)8(4)12-9/h6-11H,5H2,1-4H3/t6?,7-,8+,9?,10+/m1/s1. The first-order chi connectivity index (χ1) is 5.57. The Morgan fingerprint density at radius 1 is 1.17 bits per heavy atom. The summed E-state index contributed by atoms with van der Waals surface area (Å²) < 4.78 is 5.68. The number of hydrogen-bond donors (Lipinski definition) is 1. The van der Waals surface area contributed by atoms with Gasteiger partial charge in [0.1, 0.15) is 0 Å². The summed E-state index contributed by atoms with van der Waals surface area (Å²) in [7, 11) is 0. The van der Waals surface area contributed by atoms with E-state index in [1.807, 2.05) is 0 Å². The Bertz CT molecular complexity index is 142. The van der Waals surface area contributed by atoms with Gasteiger partial charge in [-0.1, -0.05) is 20.8 Å². The van der Waals surface area contributed by atoms with Crippen LogP contribution in [0, 0.1) is 11.8 Å². The van der Waals surface area contributed by atoms with Crippen LogP contribution in [-0.4, -0.2) is 23.4 Å². The van der Waals surface area contributed by atoms with E-state index in [1.54, 1.807) is 0 Å². The fourth-order valence-corrected chi connectivity index (χ4v) is 1.89. The first-order valence-corrected chi connectivity index (χ1v) is 4.91. The first-order valence-electron chi connectivity index (χ1n) is 4.91. The molecule has 1 heterocycles. The number of ether oxygens (including phenoxy) is 1. The topological polar surface area (TPSA) is 29.5 Å². The molecule has 12 heavy (non-hydrogen) atoms. The van der Waals surface area contributed by atoms with E-state index >= 15 is 0 Å². The van der Waals surface area contributed by atoms with Gasteiger partial charge in [0.05, 0.1) is 18.3 Å². The predicted molar refractivity (Wildman–Crippen MR) is 49.0 cm³/mol. The molecule has 0 radical (unpaired) electrons. The molecule has 5 atom stereocenters. The lowest BCUT2D eigenvalue weighted by Gasteiger charge is -2.41. The molecule has 2 heteroatoms. The fourth-order valence-electron chi connectivity index (χ4n) is 1.89. The van der Waals surface area contributed by atoms with Gasteiger partial charge in [0.25, 0.3) is 0 Å². The van der Waals surface area contributed by atoms with Crippen molar-refractivity contribution in [3.05, 3.63) is 0 Å². The van der Waals surface area contributed by atoms with Crippen molar-refractivity contribution in [3.8, 4) is 0 Å². The summed E-state index contributed by atoms with van der Waals surface area (Å²) in [5.74, 6) is 0.821. The Balaban J connectivity index is 2.63. The predicted octanol–water partition coefficient (Wildman–Crippen LogP) is 1.82. The molecule has 0 aromatic carbocycles. The van der Waals surface area contributed by atoms with Crippen molar-refractivity contribution >= 4 is 0 Å². The van der Waals surface area contributed by atoms with Gasteiger partial charge in [0, 0.05) is 0 Å². The van der Waals surface area contributed by atoms with Crippen molar-refractivity contribution in [3.63, 3.8) is 0 Å². The zero-order valence-corrected chi connectivity index (χ0v) is 8.45. The molecule has 72 valence electrons. The average Bonchev–Trinajstić information content (AvgIpc) is 2.08. The monoisotopic (exact) mass is 172 g/mol. The average molecular weight is 172 g/mol. The molecule has 1 rings (SSSR count). The van der Waals surface area contributed by atoms with Gasteiger partial charge < -0.3 is 9.84 Å². The lowest BCUT2D eigenvalue weighted by molar-refractivity contribution is -0.162. The highest BCUT2D eigenvalue weighted by molar-refractivity contribution is 4.85. The Morgan fingerprint density at radius 3 is 2.25 bits per heavy atom. The molecule has 0 aliphatic carbocycles. The van der Waals surface area contributed by atoms with Crippen LogP contribution >= 0.6 is 0 Å². The summed E-state index contributed by atoms with van der Waals surface area (Å²) >= 11 is 0. The zero-order valence-electron chi connectivity index (χ0n) is 8.45. The third-order valence-corrected chi connectivity index (χ3v) is 3.28. The van der Waals surface area contributed by atoms with Crippen LogP contribution < -0.4 is 0 Å². The van der Waals surface area contributed by atoms with Crippen LogP contribution in [0.1, 0.15) is 34.1 Å². The molecule has 1 fully saturated rings. The van der Waals surface area contributed by atoms with Crippen LogP contribution in [0.2, 0.25) is 0 Å². The van der Waals surface area contributed by atoms with Gasteiger partial charge in [-0.25, -0.2) is 0 Å². The van der Waals surface area contributed by atoms with Crippen LogP contribution in [0.5, 0.6) is 0 Å². The lowest BCUT2D eigenvalue weighted by atomic mass is 9.81. The highest BCUT2D eigenvalue weighted by Crippen LogP contribution is 2.31. The van der Waals surface area contributed by atoms with Gasteiger partial charge in [-0.15, -0.1) is 0 Å². The van der Waals surface area contributed by atoms with E-state index in [4.69, 9.17) is 4.74 Å². The molecule has 1 aliphatic heterocycles. The van der Waals surface area contributed by atoms with Crippen molar-refractivity contribution in [1.29, 1.82) is 0 Å². The summed E-state index contributed by atoms with van der Waals surface area (Å²) in [5.41, 5.74) is 0. The van der Waals surface area contributed by atoms with Crippen LogP contribution in [0.3, 0.4) is 0 Å². The smallest absolute Gasteiger partial charge is 0.0837 e. The molecule has 0 aromatic heterocycles. The van der Waals surface area contributed by atoms with Crippen LogP contribution in [0.4, 0.5) is 0 Å². The third kappa shape index (κ3) is 1.64. The van der Waals surface area contributed by atoms with Gasteiger partial charge in [0.2, 0.25) is 0 Å². The van der Waals surface area contributed by atoms with Crippen LogP contribution in [-0.2, 0) is 4.74 Å². The minimum atomic E-state index is -0.277. The molecule has 0 spiro atoms.